The fourth-order valence-electron chi connectivity index (χ4n) is 2.00. The molecule has 2 rings (SSSR count). The van der Waals surface area contributed by atoms with Gasteiger partial charge in [-0.1, -0.05) is 11.6 Å². The molecule has 0 aliphatic carbocycles. The summed E-state index contributed by atoms with van der Waals surface area (Å²) in [5.74, 6) is -1.36. The van der Waals surface area contributed by atoms with E-state index in [1.807, 2.05) is 0 Å². The van der Waals surface area contributed by atoms with Crippen LogP contribution in [0.3, 0.4) is 0 Å². The summed E-state index contributed by atoms with van der Waals surface area (Å²) in [6.45, 7) is 0. The lowest BCUT2D eigenvalue weighted by atomic mass is 10.3. The zero-order valence-electron chi connectivity index (χ0n) is 11.9. The molecule has 0 saturated heterocycles. The van der Waals surface area contributed by atoms with Crippen LogP contribution in [0.5, 0.6) is 0 Å². The van der Waals surface area contributed by atoms with Crippen molar-refractivity contribution in [2.75, 3.05) is 0 Å². The van der Waals surface area contributed by atoms with Crippen LogP contribution in [0.1, 0.15) is 5.69 Å². The summed E-state index contributed by atoms with van der Waals surface area (Å²) < 4.78 is 75.1. The first-order valence-electron chi connectivity index (χ1n) is 6.09. The Labute approximate surface area is 146 Å². The third kappa shape index (κ3) is 3.58. The Hall–Kier alpha value is -1.85. The van der Waals surface area contributed by atoms with Gasteiger partial charge in [0, 0.05) is 23.8 Å². The molecule has 1 aromatic carbocycles. The Morgan fingerprint density at radius 1 is 1.12 bits per heavy atom. The Bertz CT molecular complexity index is 1090. The SMILES string of the molecule is Cn1c(C(F)(F)F)cc(=O)n(-c2cc(S(=O)(=O)Cl)c(F)cc2Cl)c1=O. The summed E-state index contributed by atoms with van der Waals surface area (Å²) in [6.07, 6.45) is -4.98. The number of halogens is 6. The fraction of sp³-hybridized carbons (Fsp3) is 0.167. The molecule has 0 radical (unpaired) electrons. The molecule has 0 amide bonds. The van der Waals surface area contributed by atoms with Crippen molar-refractivity contribution in [1.29, 1.82) is 0 Å². The van der Waals surface area contributed by atoms with Crippen LogP contribution in [-0.4, -0.2) is 17.6 Å². The minimum atomic E-state index is -4.98. The molecule has 0 bridgehead atoms. The molecular formula is C12H6Cl2F4N2O4S. The van der Waals surface area contributed by atoms with E-state index < -0.39 is 53.6 Å². The minimum Gasteiger partial charge on any atom is -0.292 e. The predicted molar refractivity (Wildman–Crippen MR) is 80.3 cm³/mol. The molecule has 0 aliphatic rings. The number of benzene rings is 1. The van der Waals surface area contributed by atoms with Crippen molar-refractivity contribution in [3.05, 3.63) is 55.6 Å². The molecule has 1 aromatic heterocycles. The number of hydrogen-bond acceptors (Lipinski definition) is 4. The zero-order valence-corrected chi connectivity index (χ0v) is 14.3. The maximum absolute atomic E-state index is 13.7. The van der Waals surface area contributed by atoms with Crippen molar-refractivity contribution in [2.24, 2.45) is 7.05 Å². The van der Waals surface area contributed by atoms with Crippen LogP contribution in [-0.2, 0) is 22.3 Å². The van der Waals surface area contributed by atoms with E-state index in [1.54, 1.807) is 0 Å². The number of rotatable bonds is 2. The number of alkyl halides is 3. The Morgan fingerprint density at radius 2 is 1.68 bits per heavy atom. The number of nitrogens with zero attached hydrogens (tertiary/aromatic N) is 2. The molecular weight excluding hydrogens is 415 g/mol. The van der Waals surface area contributed by atoms with Crippen LogP contribution in [0.25, 0.3) is 5.69 Å². The van der Waals surface area contributed by atoms with E-state index in [1.165, 1.54) is 0 Å². The van der Waals surface area contributed by atoms with E-state index >= 15 is 0 Å². The molecule has 1 heterocycles. The van der Waals surface area contributed by atoms with Crippen LogP contribution in [0.15, 0.2) is 32.7 Å². The van der Waals surface area contributed by atoms with Crippen LogP contribution in [0.4, 0.5) is 17.6 Å². The van der Waals surface area contributed by atoms with Crippen molar-refractivity contribution in [3.63, 3.8) is 0 Å². The standard InChI is InChI=1S/C12H6Cl2F4N2O4S/c1-19-9(12(16,17)18)4-10(21)20(11(19)22)7-3-8(25(14,23)24)6(15)2-5(7)13/h2-4H,1H3. The van der Waals surface area contributed by atoms with Gasteiger partial charge in [0.2, 0.25) is 0 Å². The van der Waals surface area contributed by atoms with Crippen LogP contribution in [0.2, 0.25) is 5.02 Å². The van der Waals surface area contributed by atoms with E-state index in [-0.39, 0.29) is 15.2 Å². The lowest BCUT2D eigenvalue weighted by Gasteiger charge is -2.15. The van der Waals surface area contributed by atoms with Gasteiger partial charge in [0.05, 0.1) is 10.7 Å². The van der Waals surface area contributed by atoms with E-state index in [0.717, 1.165) is 7.05 Å². The normalized spacial score (nSPS) is 12.4. The first-order valence-corrected chi connectivity index (χ1v) is 8.78. The van der Waals surface area contributed by atoms with Crippen molar-refractivity contribution in [2.45, 2.75) is 11.1 Å². The number of aromatic nitrogens is 2. The summed E-state index contributed by atoms with van der Waals surface area (Å²) in [5, 5.41) is -0.583. The van der Waals surface area contributed by atoms with Crippen molar-refractivity contribution >= 4 is 31.3 Å². The highest BCUT2D eigenvalue weighted by Crippen LogP contribution is 2.29. The smallest absolute Gasteiger partial charge is 0.292 e. The lowest BCUT2D eigenvalue weighted by molar-refractivity contribution is -0.144. The summed E-state index contributed by atoms with van der Waals surface area (Å²) in [6, 6.07) is 1.07. The van der Waals surface area contributed by atoms with Gasteiger partial charge in [0.1, 0.15) is 16.4 Å². The van der Waals surface area contributed by atoms with Gasteiger partial charge in [0.15, 0.2) is 0 Å². The van der Waals surface area contributed by atoms with E-state index in [9.17, 15) is 35.6 Å². The van der Waals surface area contributed by atoms with Crippen molar-refractivity contribution in [1.82, 2.24) is 9.13 Å². The Balaban J connectivity index is 2.92. The predicted octanol–water partition coefficient (Wildman–Crippen LogP) is 2.28. The zero-order chi connectivity index (χ0) is 19.3. The molecule has 2 aromatic rings. The van der Waals surface area contributed by atoms with Crippen LogP contribution < -0.4 is 11.2 Å². The Kier molecular flexibility index (Phi) is 4.79. The van der Waals surface area contributed by atoms with E-state index in [4.69, 9.17) is 22.3 Å². The molecule has 13 heteroatoms. The molecule has 6 nitrogen and oxygen atoms in total. The third-order valence-electron chi connectivity index (χ3n) is 3.12. The average molecular weight is 421 g/mol. The maximum atomic E-state index is 13.7. The third-order valence-corrected chi connectivity index (χ3v) is 4.76. The Morgan fingerprint density at radius 3 is 2.16 bits per heavy atom. The minimum absolute atomic E-state index is 0.121. The van der Waals surface area contributed by atoms with Gasteiger partial charge in [-0.25, -0.2) is 22.2 Å². The largest absolute Gasteiger partial charge is 0.431 e. The molecule has 136 valence electrons. The average Bonchev–Trinajstić information content (AvgIpc) is 2.42. The van der Waals surface area contributed by atoms with Crippen molar-refractivity contribution in [3.8, 4) is 5.69 Å². The van der Waals surface area contributed by atoms with Gasteiger partial charge in [-0.15, -0.1) is 0 Å². The summed E-state index contributed by atoms with van der Waals surface area (Å²) >= 11 is 5.70. The van der Waals surface area contributed by atoms with Gasteiger partial charge < -0.3 is 0 Å². The monoisotopic (exact) mass is 420 g/mol. The molecule has 0 unspecified atom stereocenters. The second kappa shape index (κ2) is 6.15. The molecule has 0 N–H and O–H groups in total. The van der Waals surface area contributed by atoms with Gasteiger partial charge >= 0.3 is 11.9 Å². The van der Waals surface area contributed by atoms with Gasteiger partial charge in [-0.3, -0.25) is 9.36 Å². The number of hydrogen-bond donors (Lipinski definition) is 0. The first kappa shape index (κ1) is 19.5. The molecule has 0 fully saturated rings. The summed E-state index contributed by atoms with van der Waals surface area (Å²) in [5.41, 5.74) is -5.07. The summed E-state index contributed by atoms with van der Waals surface area (Å²) in [7, 11) is 1.18. The molecule has 0 spiro atoms. The fourth-order valence-corrected chi connectivity index (χ4v) is 3.13. The molecule has 25 heavy (non-hydrogen) atoms. The first-order chi connectivity index (χ1) is 11.2. The molecule has 0 saturated carbocycles. The van der Waals surface area contributed by atoms with Gasteiger partial charge in [0.25, 0.3) is 14.6 Å². The maximum Gasteiger partial charge on any atom is 0.431 e. The highest BCUT2D eigenvalue weighted by Gasteiger charge is 2.35. The molecule has 0 atom stereocenters. The second-order valence-electron chi connectivity index (χ2n) is 4.71. The van der Waals surface area contributed by atoms with Crippen LogP contribution in [0, 0.1) is 5.82 Å². The summed E-state index contributed by atoms with van der Waals surface area (Å²) in [4.78, 5) is 23.0. The van der Waals surface area contributed by atoms with Gasteiger partial charge in [-0.2, -0.15) is 13.2 Å². The van der Waals surface area contributed by atoms with Gasteiger partial charge in [-0.05, 0) is 12.1 Å². The molecule has 0 aliphatic heterocycles. The lowest BCUT2D eigenvalue weighted by Crippen LogP contribution is -2.40. The highest BCUT2D eigenvalue weighted by atomic mass is 35.7. The topological polar surface area (TPSA) is 78.1 Å². The van der Waals surface area contributed by atoms with E-state index in [2.05, 4.69) is 0 Å². The quantitative estimate of drug-likeness (QED) is 0.551. The van der Waals surface area contributed by atoms with Crippen LogP contribution >= 0.6 is 22.3 Å². The van der Waals surface area contributed by atoms with E-state index in [0.29, 0.717) is 12.1 Å². The van der Waals surface area contributed by atoms with Crippen molar-refractivity contribution < 1.29 is 26.0 Å². The second-order valence-corrected chi connectivity index (χ2v) is 7.66. The highest BCUT2D eigenvalue weighted by molar-refractivity contribution is 8.13.